The molecule has 0 radical (unpaired) electrons. The maximum atomic E-state index is 9.68. The standard InChI is InChI=1S/C16H31N3O.HI/c1-2-17-16(19-11-10-15(20)13-19)18-12-14-8-6-4-3-5-7-9-14;/h14-15,20H,2-13H2,1H3,(H,17,18);1H/t15-;/m1./s1. The van der Waals surface area contributed by atoms with Crippen molar-refractivity contribution in [2.75, 3.05) is 26.2 Å². The van der Waals surface area contributed by atoms with Gasteiger partial charge in [-0.3, -0.25) is 4.99 Å². The van der Waals surface area contributed by atoms with E-state index in [-0.39, 0.29) is 30.1 Å². The first kappa shape index (κ1) is 19.0. The van der Waals surface area contributed by atoms with Crippen molar-refractivity contribution in [3.05, 3.63) is 0 Å². The Morgan fingerprint density at radius 1 is 1.14 bits per heavy atom. The average Bonchev–Trinajstić information content (AvgIpc) is 2.82. The van der Waals surface area contributed by atoms with Crippen LogP contribution in [0, 0.1) is 5.92 Å². The Balaban J connectivity index is 0.00000220. The molecule has 4 nitrogen and oxygen atoms in total. The third-order valence-electron chi connectivity index (χ3n) is 4.52. The van der Waals surface area contributed by atoms with Crippen molar-refractivity contribution in [3.8, 4) is 0 Å². The van der Waals surface area contributed by atoms with Crippen LogP contribution in [0.4, 0.5) is 0 Å². The zero-order valence-electron chi connectivity index (χ0n) is 13.4. The smallest absolute Gasteiger partial charge is 0.194 e. The number of halogens is 1. The van der Waals surface area contributed by atoms with Crippen molar-refractivity contribution in [2.45, 2.75) is 64.4 Å². The van der Waals surface area contributed by atoms with Crippen LogP contribution in [-0.4, -0.2) is 48.2 Å². The van der Waals surface area contributed by atoms with E-state index >= 15 is 0 Å². The molecule has 1 aliphatic heterocycles. The summed E-state index contributed by atoms with van der Waals surface area (Å²) in [6.07, 6.45) is 10.3. The number of aliphatic imine (C=N–C) groups is 1. The fourth-order valence-electron chi connectivity index (χ4n) is 3.30. The first-order valence-corrected chi connectivity index (χ1v) is 8.51. The highest BCUT2D eigenvalue weighted by Gasteiger charge is 2.23. The van der Waals surface area contributed by atoms with E-state index in [0.29, 0.717) is 0 Å². The van der Waals surface area contributed by atoms with Crippen LogP contribution in [0.1, 0.15) is 58.3 Å². The topological polar surface area (TPSA) is 47.9 Å². The Bertz CT molecular complexity index is 304. The number of nitrogens with one attached hydrogen (secondary N) is 1. The third-order valence-corrected chi connectivity index (χ3v) is 4.52. The highest BCUT2D eigenvalue weighted by molar-refractivity contribution is 14.0. The fraction of sp³-hybridized carbons (Fsp3) is 0.938. The Kier molecular flexibility index (Phi) is 9.64. The molecule has 0 unspecified atom stereocenters. The molecule has 124 valence electrons. The molecule has 2 aliphatic rings. The summed E-state index contributed by atoms with van der Waals surface area (Å²) in [6, 6.07) is 0. The van der Waals surface area contributed by atoms with Gasteiger partial charge in [0.15, 0.2) is 5.96 Å². The number of β-amino-alcohol motifs (C(OH)–C–C–N with tert-alkyl or cyclic N) is 1. The zero-order valence-corrected chi connectivity index (χ0v) is 15.7. The summed E-state index contributed by atoms with van der Waals surface area (Å²) in [6.45, 7) is 5.62. The van der Waals surface area contributed by atoms with Gasteiger partial charge in [0.25, 0.3) is 0 Å². The van der Waals surface area contributed by atoms with E-state index in [1.165, 1.54) is 44.9 Å². The van der Waals surface area contributed by atoms with Crippen LogP contribution >= 0.6 is 24.0 Å². The summed E-state index contributed by atoms with van der Waals surface area (Å²) in [7, 11) is 0. The Hall–Kier alpha value is -0.0400. The van der Waals surface area contributed by atoms with Crippen LogP contribution in [0.15, 0.2) is 4.99 Å². The molecule has 1 aliphatic carbocycles. The molecule has 1 atom stereocenters. The Labute approximate surface area is 146 Å². The molecular formula is C16H32IN3O. The summed E-state index contributed by atoms with van der Waals surface area (Å²) < 4.78 is 0. The van der Waals surface area contributed by atoms with E-state index in [1.54, 1.807) is 0 Å². The number of rotatable bonds is 3. The normalized spacial score (nSPS) is 25.1. The summed E-state index contributed by atoms with van der Waals surface area (Å²) in [5.74, 6) is 1.77. The van der Waals surface area contributed by atoms with Crippen LogP contribution in [-0.2, 0) is 0 Å². The molecule has 0 aromatic rings. The molecule has 0 spiro atoms. The summed E-state index contributed by atoms with van der Waals surface area (Å²) in [5.41, 5.74) is 0. The monoisotopic (exact) mass is 409 g/mol. The third kappa shape index (κ3) is 6.72. The summed E-state index contributed by atoms with van der Waals surface area (Å²) in [5, 5.41) is 13.1. The molecule has 5 heteroatoms. The predicted octanol–water partition coefficient (Wildman–Crippen LogP) is 3.00. The van der Waals surface area contributed by atoms with Crippen molar-refractivity contribution >= 4 is 29.9 Å². The maximum absolute atomic E-state index is 9.68. The summed E-state index contributed by atoms with van der Waals surface area (Å²) in [4.78, 5) is 7.05. The minimum atomic E-state index is -0.180. The molecular weight excluding hydrogens is 377 g/mol. The first-order valence-electron chi connectivity index (χ1n) is 8.51. The highest BCUT2D eigenvalue weighted by Crippen LogP contribution is 2.22. The second-order valence-electron chi connectivity index (χ2n) is 6.29. The number of likely N-dealkylation sites (tertiary alicyclic amines) is 1. The maximum Gasteiger partial charge on any atom is 0.194 e. The number of guanidine groups is 1. The molecule has 0 bridgehead atoms. The first-order chi connectivity index (χ1) is 9.79. The number of hydrogen-bond acceptors (Lipinski definition) is 2. The van der Waals surface area contributed by atoms with Crippen LogP contribution in [0.25, 0.3) is 0 Å². The SMILES string of the molecule is CCNC(=NCC1CCCCCCC1)N1CC[C@@H](O)C1.I. The van der Waals surface area contributed by atoms with Gasteiger partial charge in [0, 0.05) is 26.2 Å². The Morgan fingerprint density at radius 3 is 2.38 bits per heavy atom. The minimum Gasteiger partial charge on any atom is -0.391 e. The second kappa shape index (κ2) is 10.6. The molecule has 0 amide bonds. The van der Waals surface area contributed by atoms with Gasteiger partial charge < -0.3 is 15.3 Å². The van der Waals surface area contributed by atoms with Gasteiger partial charge in [0.2, 0.25) is 0 Å². The molecule has 21 heavy (non-hydrogen) atoms. The van der Waals surface area contributed by atoms with Gasteiger partial charge in [-0.15, -0.1) is 24.0 Å². The molecule has 2 fully saturated rings. The van der Waals surface area contributed by atoms with Crippen molar-refractivity contribution < 1.29 is 5.11 Å². The van der Waals surface area contributed by atoms with Crippen LogP contribution in [0.2, 0.25) is 0 Å². The van der Waals surface area contributed by atoms with E-state index < -0.39 is 0 Å². The minimum absolute atomic E-state index is 0. The molecule has 1 saturated carbocycles. The van der Waals surface area contributed by atoms with Crippen LogP contribution in [0.3, 0.4) is 0 Å². The molecule has 1 saturated heterocycles. The molecule has 2 rings (SSSR count). The lowest BCUT2D eigenvalue weighted by atomic mass is 9.91. The van der Waals surface area contributed by atoms with Gasteiger partial charge >= 0.3 is 0 Å². The molecule has 2 N–H and O–H groups in total. The van der Waals surface area contributed by atoms with Gasteiger partial charge in [-0.2, -0.15) is 0 Å². The predicted molar refractivity (Wildman–Crippen MR) is 99.4 cm³/mol. The highest BCUT2D eigenvalue weighted by atomic mass is 127. The van der Waals surface area contributed by atoms with Crippen LogP contribution in [0.5, 0.6) is 0 Å². The Morgan fingerprint density at radius 2 is 1.81 bits per heavy atom. The fourth-order valence-corrected chi connectivity index (χ4v) is 3.30. The number of aliphatic hydroxyl groups is 1. The lowest BCUT2D eigenvalue weighted by Gasteiger charge is -2.23. The average molecular weight is 409 g/mol. The number of nitrogens with zero attached hydrogens (tertiary/aromatic N) is 2. The quantitative estimate of drug-likeness (QED) is 0.428. The van der Waals surface area contributed by atoms with Crippen molar-refractivity contribution in [2.24, 2.45) is 10.9 Å². The summed E-state index contributed by atoms with van der Waals surface area (Å²) >= 11 is 0. The van der Waals surface area contributed by atoms with Crippen LogP contribution < -0.4 is 5.32 Å². The van der Waals surface area contributed by atoms with Crippen molar-refractivity contribution in [3.63, 3.8) is 0 Å². The van der Waals surface area contributed by atoms with E-state index in [2.05, 4.69) is 17.1 Å². The van der Waals surface area contributed by atoms with Gasteiger partial charge in [-0.1, -0.05) is 32.1 Å². The molecule has 0 aromatic heterocycles. The number of aliphatic hydroxyl groups excluding tert-OH is 1. The van der Waals surface area contributed by atoms with Gasteiger partial charge in [0.05, 0.1) is 6.10 Å². The lowest BCUT2D eigenvalue weighted by molar-refractivity contribution is 0.187. The van der Waals surface area contributed by atoms with Gasteiger partial charge in [0.1, 0.15) is 0 Å². The van der Waals surface area contributed by atoms with E-state index in [4.69, 9.17) is 4.99 Å². The van der Waals surface area contributed by atoms with Crippen molar-refractivity contribution in [1.82, 2.24) is 10.2 Å². The van der Waals surface area contributed by atoms with E-state index in [1.807, 2.05) is 0 Å². The molecule has 1 heterocycles. The van der Waals surface area contributed by atoms with Gasteiger partial charge in [-0.25, -0.2) is 0 Å². The largest absolute Gasteiger partial charge is 0.391 e. The van der Waals surface area contributed by atoms with Crippen molar-refractivity contribution in [1.29, 1.82) is 0 Å². The molecule has 0 aromatic carbocycles. The second-order valence-corrected chi connectivity index (χ2v) is 6.29. The lowest BCUT2D eigenvalue weighted by Crippen LogP contribution is -2.40. The zero-order chi connectivity index (χ0) is 14.2. The van der Waals surface area contributed by atoms with E-state index in [0.717, 1.165) is 44.5 Å². The number of hydrogen-bond donors (Lipinski definition) is 2. The van der Waals surface area contributed by atoms with E-state index in [9.17, 15) is 5.11 Å². The van der Waals surface area contributed by atoms with Gasteiger partial charge in [-0.05, 0) is 32.1 Å².